The number of thioether (sulfide) groups is 1. The zero-order valence-electron chi connectivity index (χ0n) is 12.0. The van der Waals surface area contributed by atoms with Crippen LogP contribution in [0, 0.1) is 0 Å². The Morgan fingerprint density at radius 1 is 1.23 bits per heavy atom. The van der Waals surface area contributed by atoms with Crippen molar-refractivity contribution in [3.8, 4) is 0 Å². The van der Waals surface area contributed by atoms with Crippen molar-refractivity contribution < 1.29 is 18.3 Å². The van der Waals surface area contributed by atoms with Gasteiger partial charge in [-0.1, -0.05) is 36.4 Å². The minimum Gasteiger partial charge on any atom is -0.480 e. The topological polar surface area (TPSA) is 83.5 Å². The van der Waals surface area contributed by atoms with Gasteiger partial charge in [0.25, 0.3) is 0 Å². The fourth-order valence-corrected chi connectivity index (χ4v) is 4.07. The first kappa shape index (κ1) is 16.8. The van der Waals surface area contributed by atoms with E-state index in [-0.39, 0.29) is 11.3 Å². The molecule has 1 atom stereocenters. The third kappa shape index (κ3) is 3.79. The van der Waals surface area contributed by atoms with Gasteiger partial charge in [0.2, 0.25) is 10.0 Å². The summed E-state index contributed by atoms with van der Waals surface area (Å²) in [4.78, 5) is 11.3. The first-order valence-corrected chi connectivity index (χ1v) is 9.55. The summed E-state index contributed by atoms with van der Waals surface area (Å²) in [7, 11) is -3.90. The van der Waals surface area contributed by atoms with Gasteiger partial charge in [0.1, 0.15) is 6.04 Å². The van der Waals surface area contributed by atoms with E-state index in [1.807, 2.05) is 24.5 Å². The van der Waals surface area contributed by atoms with Crippen molar-refractivity contribution in [2.24, 2.45) is 0 Å². The van der Waals surface area contributed by atoms with Gasteiger partial charge in [0.05, 0.1) is 4.90 Å². The molecule has 0 saturated carbocycles. The maximum atomic E-state index is 12.5. The molecular weight excluding hydrogens is 322 g/mol. The molecule has 0 fully saturated rings. The van der Waals surface area contributed by atoms with E-state index in [4.69, 9.17) is 0 Å². The summed E-state index contributed by atoms with van der Waals surface area (Å²) in [6, 6.07) is 10.9. The van der Waals surface area contributed by atoms with Gasteiger partial charge in [0.15, 0.2) is 0 Å². The molecule has 2 rings (SSSR count). The van der Waals surface area contributed by atoms with Gasteiger partial charge in [-0.2, -0.15) is 16.5 Å². The second-order valence-corrected chi connectivity index (χ2v) is 7.44. The Kier molecular flexibility index (Phi) is 5.44. The van der Waals surface area contributed by atoms with Crippen LogP contribution in [0.3, 0.4) is 0 Å². The molecule has 2 aromatic carbocycles. The maximum Gasteiger partial charge on any atom is 0.321 e. The van der Waals surface area contributed by atoms with E-state index >= 15 is 0 Å². The van der Waals surface area contributed by atoms with Gasteiger partial charge in [0, 0.05) is 5.39 Å². The molecule has 0 amide bonds. The fraction of sp³-hybridized carbons (Fsp3) is 0.267. The zero-order valence-corrected chi connectivity index (χ0v) is 13.7. The molecule has 5 nitrogen and oxygen atoms in total. The number of carboxylic acid groups (broad SMARTS) is 1. The summed E-state index contributed by atoms with van der Waals surface area (Å²) >= 11 is 1.47. The number of hydrogen-bond acceptors (Lipinski definition) is 4. The Hall–Kier alpha value is -1.57. The van der Waals surface area contributed by atoms with Crippen LogP contribution in [0.15, 0.2) is 47.4 Å². The van der Waals surface area contributed by atoms with Crippen molar-refractivity contribution in [3.05, 3.63) is 42.5 Å². The van der Waals surface area contributed by atoms with Crippen LogP contribution in [0.1, 0.15) is 6.42 Å². The largest absolute Gasteiger partial charge is 0.480 e. The van der Waals surface area contributed by atoms with Crippen molar-refractivity contribution in [2.45, 2.75) is 17.4 Å². The number of carbonyl (C=O) groups is 1. The normalized spacial score (nSPS) is 13.1. The third-order valence-electron chi connectivity index (χ3n) is 3.25. The van der Waals surface area contributed by atoms with Crippen LogP contribution in [0.25, 0.3) is 10.8 Å². The van der Waals surface area contributed by atoms with Crippen molar-refractivity contribution in [2.75, 3.05) is 12.0 Å². The summed E-state index contributed by atoms with van der Waals surface area (Å²) in [5.41, 5.74) is 0. The number of benzene rings is 2. The Morgan fingerprint density at radius 2 is 1.91 bits per heavy atom. The standard InChI is InChI=1S/C15H17NO4S2/c1-21-10-9-13(15(17)18)16-22(19,20)14-8-4-6-11-5-2-3-7-12(11)14/h2-8,13,16H,9-10H2,1H3,(H,17,18)/t13-/m0/s1. The Balaban J connectivity index is 2.38. The number of hydrogen-bond donors (Lipinski definition) is 2. The van der Waals surface area contributed by atoms with E-state index in [1.54, 1.807) is 18.2 Å². The lowest BCUT2D eigenvalue weighted by Gasteiger charge is -2.15. The summed E-state index contributed by atoms with van der Waals surface area (Å²) in [5, 5.41) is 10.6. The molecule has 22 heavy (non-hydrogen) atoms. The van der Waals surface area contributed by atoms with Gasteiger partial charge in [-0.25, -0.2) is 8.42 Å². The van der Waals surface area contributed by atoms with Crippen molar-refractivity contribution in [1.82, 2.24) is 4.72 Å². The summed E-state index contributed by atoms with van der Waals surface area (Å²) in [6.45, 7) is 0. The molecule has 0 aliphatic carbocycles. The molecule has 0 aliphatic rings. The third-order valence-corrected chi connectivity index (χ3v) is 5.42. The first-order valence-electron chi connectivity index (χ1n) is 6.67. The fourth-order valence-electron chi connectivity index (χ4n) is 2.15. The average molecular weight is 339 g/mol. The molecule has 0 radical (unpaired) electrons. The summed E-state index contributed by atoms with van der Waals surface area (Å²) < 4.78 is 27.4. The van der Waals surface area contributed by atoms with E-state index in [1.165, 1.54) is 17.8 Å². The van der Waals surface area contributed by atoms with Gasteiger partial charge < -0.3 is 5.11 Å². The minimum absolute atomic E-state index is 0.0981. The Morgan fingerprint density at radius 3 is 2.59 bits per heavy atom. The van der Waals surface area contributed by atoms with E-state index < -0.39 is 22.0 Å². The number of fused-ring (bicyclic) bond motifs is 1. The van der Waals surface area contributed by atoms with Crippen molar-refractivity contribution >= 4 is 38.5 Å². The van der Waals surface area contributed by atoms with Gasteiger partial charge in [-0.15, -0.1) is 0 Å². The van der Waals surface area contributed by atoms with E-state index in [9.17, 15) is 18.3 Å². The van der Waals surface area contributed by atoms with Crippen LogP contribution < -0.4 is 4.72 Å². The summed E-state index contributed by atoms with van der Waals surface area (Å²) in [5.74, 6) is -0.604. The molecule has 0 unspecified atom stereocenters. The average Bonchev–Trinajstić information content (AvgIpc) is 2.50. The highest BCUT2D eigenvalue weighted by molar-refractivity contribution is 7.98. The predicted octanol–water partition coefficient (Wildman–Crippen LogP) is 2.32. The first-order chi connectivity index (χ1) is 10.5. The van der Waals surface area contributed by atoms with Crippen LogP contribution >= 0.6 is 11.8 Å². The van der Waals surface area contributed by atoms with Crippen LogP contribution in [-0.2, 0) is 14.8 Å². The van der Waals surface area contributed by atoms with Crippen LogP contribution in [0.2, 0.25) is 0 Å². The van der Waals surface area contributed by atoms with Crippen LogP contribution in [0.5, 0.6) is 0 Å². The smallest absolute Gasteiger partial charge is 0.321 e. The second-order valence-electron chi connectivity index (χ2n) is 4.77. The van der Waals surface area contributed by atoms with Gasteiger partial charge >= 0.3 is 5.97 Å². The molecule has 0 aliphatic heterocycles. The highest BCUT2D eigenvalue weighted by Gasteiger charge is 2.26. The number of nitrogens with one attached hydrogen (secondary N) is 1. The highest BCUT2D eigenvalue weighted by atomic mass is 32.2. The van der Waals surface area contributed by atoms with E-state index in [0.717, 1.165) is 5.39 Å². The van der Waals surface area contributed by atoms with Crippen LogP contribution in [-0.4, -0.2) is 37.5 Å². The number of rotatable bonds is 7. The Labute approximate surface area is 133 Å². The van der Waals surface area contributed by atoms with Gasteiger partial charge in [-0.05, 0) is 29.9 Å². The molecule has 2 aromatic rings. The zero-order chi connectivity index (χ0) is 16.2. The lowest BCUT2D eigenvalue weighted by molar-refractivity contribution is -0.139. The lowest BCUT2D eigenvalue weighted by Crippen LogP contribution is -2.41. The van der Waals surface area contributed by atoms with E-state index in [0.29, 0.717) is 11.1 Å². The maximum absolute atomic E-state index is 12.5. The van der Waals surface area contributed by atoms with Gasteiger partial charge in [-0.3, -0.25) is 4.79 Å². The Bertz CT molecular complexity index is 769. The van der Waals surface area contributed by atoms with Crippen molar-refractivity contribution in [3.63, 3.8) is 0 Å². The molecular formula is C15H17NO4S2. The molecule has 0 aromatic heterocycles. The predicted molar refractivity (Wildman–Crippen MR) is 88.7 cm³/mol. The monoisotopic (exact) mass is 339 g/mol. The molecule has 2 N–H and O–H groups in total. The SMILES string of the molecule is CSCC[C@H](NS(=O)(=O)c1cccc2ccccc12)C(=O)O. The van der Waals surface area contributed by atoms with Crippen LogP contribution in [0.4, 0.5) is 0 Å². The molecule has 0 bridgehead atoms. The quantitative estimate of drug-likeness (QED) is 0.809. The minimum atomic E-state index is -3.90. The lowest BCUT2D eigenvalue weighted by atomic mass is 10.1. The highest BCUT2D eigenvalue weighted by Crippen LogP contribution is 2.23. The van der Waals surface area contributed by atoms with E-state index in [2.05, 4.69) is 4.72 Å². The number of sulfonamides is 1. The summed E-state index contributed by atoms with van der Waals surface area (Å²) in [6.07, 6.45) is 2.08. The second kappa shape index (κ2) is 7.13. The molecule has 7 heteroatoms. The number of aliphatic carboxylic acids is 1. The molecule has 0 saturated heterocycles. The number of carboxylic acids is 1. The van der Waals surface area contributed by atoms with Crippen molar-refractivity contribution in [1.29, 1.82) is 0 Å². The molecule has 118 valence electrons. The molecule has 0 heterocycles. The molecule has 0 spiro atoms.